The largest absolute Gasteiger partial charge is 0.396 e. The van der Waals surface area contributed by atoms with Crippen molar-refractivity contribution in [3.63, 3.8) is 0 Å². The van der Waals surface area contributed by atoms with Crippen molar-refractivity contribution in [2.24, 2.45) is 5.73 Å². The number of hydrogen-bond acceptors (Lipinski definition) is 4. The lowest BCUT2D eigenvalue weighted by atomic mass is 9.85. The highest BCUT2D eigenvalue weighted by Gasteiger charge is 2.31. The Bertz CT molecular complexity index is 417. The van der Waals surface area contributed by atoms with Gasteiger partial charge in [-0.3, -0.25) is 4.79 Å². The number of ketones is 1. The molecule has 0 atom stereocenters. The highest BCUT2D eigenvalue weighted by atomic mass is 16.3. The lowest BCUT2D eigenvalue weighted by Gasteiger charge is -2.26. The van der Waals surface area contributed by atoms with Crippen LogP contribution in [-0.4, -0.2) is 34.7 Å². The summed E-state index contributed by atoms with van der Waals surface area (Å²) in [5.41, 5.74) is 5.02. The number of Topliss-reactive ketones (excluding diaryl/α,β-unsaturated/α-hetero) is 1. The molecule has 0 aromatic heterocycles. The van der Waals surface area contributed by atoms with E-state index in [0.717, 1.165) is 12.8 Å². The fraction of sp³-hybridized carbons (Fsp3) is 0.889. The highest BCUT2D eigenvalue weighted by molar-refractivity contribution is 5.88. The van der Waals surface area contributed by atoms with E-state index in [9.17, 15) is 4.79 Å². The molecule has 0 bridgehead atoms. The number of nitrogens with two attached hydrogens (primary N) is 1. The van der Waals surface area contributed by atoms with Crippen LogP contribution in [0.4, 0.5) is 0 Å². The number of aliphatic hydroxyl groups is 2. The summed E-state index contributed by atoms with van der Waals surface area (Å²) in [4.78, 5) is 12.3. The second-order valence-corrected chi connectivity index (χ2v) is 9.28. The zero-order chi connectivity index (χ0) is 23.0. The molecule has 4 nitrogen and oxygen atoms in total. The minimum Gasteiger partial charge on any atom is -0.396 e. The molecule has 4 heteroatoms. The summed E-state index contributed by atoms with van der Waals surface area (Å²) in [7, 11) is 0. The smallest absolute Gasteiger partial charge is 0.152 e. The maximum atomic E-state index is 12.3. The highest BCUT2D eigenvalue weighted by Crippen LogP contribution is 2.18. The second kappa shape index (κ2) is 22.5. The molecule has 31 heavy (non-hydrogen) atoms. The SMILES string of the molecule is CCCCCCCCC=CCCCCCCCCCCCC(=O)C(N)(CCO)CCO. The molecule has 184 valence electrons. The lowest BCUT2D eigenvalue weighted by molar-refractivity contribution is -0.125. The van der Waals surface area contributed by atoms with Crippen LogP contribution in [0.1, 0.15) is 135 Å². The standard InChI is InChI=1S/C27H53NO3/c1-2-3-4-5-6-7-8-9-10-11-12-13-14-15-16-17-18-19-20-21-26(31)27(28,22-24-29)23-25-30/h9-10,29-30H,2-8,11-25,28H2,1H3. The minimum absolute atomic E-state index is 0.0170. The van der Waals surface area contributed by atoms with Gasteiger partial charge in [-0.25, -0.2) is 0 Å². The summed E-state index contributed by atoms with van der Waals surface area (Å²) in [6, 6.07) is 0. The van der Waals surface area contributed by atoms with Gasteiger partial charge >= 0.3 is 0 Å². The van der Waals surface area contributed by atoms with Gasteiger partial charge in [-0.05, 0) is 44.9 Å². The van der Waals surface area contributed by atoms with Crippen molar-refractivity contribution in [2.45, 2.75) is 141 Å². The van der Waals surface area contributed by atoms with Crippen LogP contribution in [0.3, 0.4) is 0 Å². The summed E-state index contributed by atoms with van der Waals surface area (Å²) < 4.78 is 0. The van der Waals surface area contributed by atoms with Gasteiger partial charge in [0.05, 0.1) is 5.54 Å². The van der Waals surface area contributed by atoms with E-state index < -0.39 is 5.54 Å². The van der Waals surface area contributed by atoms with Gasteiger partial charge in [0, 0.05) is 19.6 Å². The predicted molar refractivity (Wildman–Crippen MR) is 133 cm³/mol. The Balaban J connectivity index is 3.41. The van der Waals surface area contributed by atoms with Gasteiger partial charge in [-0.15, -0.1) is 0 Å². The number of rotatable bonds is 24. The first kappa shape index (κ1) is 30.3. The number of carbonyl (C=O) groups excluding carboxylic acids is 1. The Kier molecular flexibility index (Phi) is 22.0. The van der Waals surface area contributed by atoms with Crippen LogP contribution in [0, 0.1) is 0 Å². The molecule has 0 aliphatic carbocycles. The lowest BCUT2D eigenvalue weighted by Crippen LogP contribution is -2.49. The Morgan fingerprint density at radius 2 is 1.06 bits per heavy atom. The summed E-state index contributed by atoms with van der Waals surface area (Å²) in [5, 5.41) is 18.2. The first-order chi connectivity index (χ1) is 15.1. The molecule has 4 N–H and O–H groups in total. The van der Waals surface area contributed by atoms with E-state index in [1.165, 1.54) is 96.3 Å². The molecule has 0 fully saturated rings. The quantitative estimate of drug-likeness (QED) is 0.117. The van der Waals surface area contributed by atoms with E-state index in [-0.39, 0.29) is 31.8 Å². The number of allylic oxidation sites excluding steroid dienone is 2. The summed E-state index contributed by atoms with van der Waals surface area (Å²) >= 11 is 0. The van der Waals surface area contributed by atoms with Crippen LogP contribution in [-0.2, 0) is 4.79 Å². The fourth-order valence-corrected chi connectivity index (χ4v) is 4.12. The van der Waals surface area contributed by atoms with Crippen LogP contribution >= 0.6 is 0 Å². The molecule has 0 spiro atoms. The van der Waals surface area contributed by atoms with E-state index >= 15 is 0 Å². The predicted octanol–water partition coefficient (Wildman–Crippen LogP) is 6.62. The van der Waals surface area contributed by atoms with Gasteiger partial charge in [0.25, 0.3) is 0 Å². The van der Waals surface area contributed by atoms with Crippen LogP contribution < -0.4 is 5.73 Å². The molecule has 0 heterocycles. The van der Waals surface area contributed by atoms with Crippen LogP contribution in [0.25, 0.3) is 0 Å². The fourth-order valence-electron chi connectivity index (χ4n) is 4.12. The maximum Gasteiger partial charge on any atom is 0.152 e. The van der Waals surface area contributed by atoms with Crippen LogP contribution in [0.2, 0.25) is 0 Å². The minimum atomic E-state index is -1.05. The van der Waals surface area contributed by atoms with Crippen molar-refractivity contribution < 1.29 is 15.0 Å². The third kappa shape index (κ3) is 18.6. The Morgan fingerprint density at radius 3 is 1.48 bits per heavy atom. The molecule has 0 amide bonds. The average Bonchev–Trinajstić information content (AvgIpc) is 2.75. The first-order valence-corrected chi connectivity index (χ1v) is 13.3. The molecule has 0 aromatic rings. The monoisotopic (exact) mass is 439 g/mol. The van der Waals surface area contributed by atoms with Crippen molar-refractivity contribution in [3.8, 4) is 0 Å². The van der Waals surface area contributed by atoms with E-state index in [0.29, 0.717) is 6.42 Å². The van der Waals surface area contributed by atoms with Crippen molar-refractivity contribution in [1.29, 1.82) is 0 Å². The molecule has 0 aromatic carbocycles. The second-order valence-electron chi connectivity index (χ2n) is 9.28. The van der Waals surface area contributed by atoms with Gasteiger partial charge < -0.3 is 15.9 Å². The number of hydrogen-bond donors (Lipinski definition) is 3. The van der Waals surface area contributed by atoms with E-state index in [4.69, 9.17) is 15.9 Å². The maximum absolute atomic E-state index is 12.3. The summed E-state index contributed by atoms with van der Waals surface area (Å²) in [5.74, 6) is -0.0170. The van der Waals surface area contributed by atoms with Gasteiger partial charge in [0.2, 0.25) is 0 Å². The van der Waals surface area contributed by atoms with E-state index in [1.54, 1.807) is 0 Å². The average molecular weight is 440 g/mol. The van der Waals surface area contributed by atoms with Crippen molar-refractivity contribution in [1.82, 2.24) is 0 Å². The normalized spacial score (nSPS) is 12.1. The Morgan fingerprint density at radius 1 is 0.677 bits per heavy atom. The van der Waals surface area contributed by atoms with Crippen molar-refractivity contribution >= 4 is 5.78 Å². The Labute approximate surface area is 193 Å². The third-order valence-corrected chi connectivity index (χ3v) is 6.34. The zero-order valence-corrected chi connectivity index (χ0v) is 20.6. The number of unbranched alkanes of at least 4 members (excludes halogenated alkanes) is 15. The van der Waals surface area contributed by atoms with Crippen LogP contribution in [0.15, 0.2) is 12.2 Å². The molecule has 0 aliphatic heterocycles. The third-order valence-electron chi connectivity index (χ3n) is 6.34. The number of aliphatic hydroxyl groups excluding tert-OH is 2. The van der Waals surface area contributed by atoms with Gasteiger partial charge in [0.1, 0.15) is 0 Å². The van der Waals surface area contributed by atoms with Gasteiger partial charge in [0.15, 0.2) is 5.78 Å². The molecule has 0 aliphatic rings. The molecule has 0 saturated carbocycles. The zero-order valence-electron chi connectivity index (χ0n) is 20.6. The summed E-state index contributed by atoms with van der Waals surface area (Å²) in [6.45, 7) is 2.04. The van der Waals surface area contributed by atoms with E-state index in [1.807, 2.05) is 0 Å². The number of carbonyl (C=O) groups is 1. The molecule has 0 radical (unpaired) electrons. The molecule has 0 rings (SSSR count). The molecular formula is C27H53NO3. The van der Waals surface area contributed by atoms with Crippen LogP contribution in [0.5, 0.6) is 0 Å². The van der Waals surface area contributed by atoms with Gasteiger partial charge in [-0.1, -0.05) is 96.1 Å². The Hall–Kier alpha value is -0.710. The van der Waals surface area contributed by atoms with Gasteiger partial charge in [-0.2, -0.15) is 0 Å². The topological polar surface area (TPSA) is 83.6 Å². The van der Waals surface area contributed by atoms with Crippen molar-refractivity contribution in [3.05, 3.63) is 12.2 Å². The first-order valence-electron chi connectivity index (χ1n) is 13.3. The molecular weight excluding hydrogens is 386 g/mol. The van der Waals surface area contributed by atoms with Crippen molar-refractivity contribution in [2.75, 3.05) is 13.2 Å². The van der Waals surface area contributed by atoms with E-state index in [2.05, 4.69) is 19.1 Å². The summed E-state index contributed by atoms with van der Waals surface area (Å²) in [6.07, 6.45) is 27.4. The molecule has 0 saturated heterocycles. The molecule has 0 unspecified atom stereocenters.